The van der Waals surface area contributed by atoms with Gasteiger partial charge in [-0.2, -0.15) is 0 Å². The van der Waals surface area contributed by atoms with Crippen LogP contribution in [0.1, 0.15) is 25.7 Å². The maximum absolute atomic E-state index is 8.57. The summed E-state index contributed by atoms with van der Waals surface area (Å²) in [4.78, 5) is 0. The highest BCUT2D eigenvalue weighted by Crippen LogP contribution is 2.23. The number of hydrogen-bond acceptors (Lipinski definition) is 1. The maximum atomic E-state index is 8.57. The van der Waals surface area contributed by atoms with Gasteiger partial charge in [0.25, 0.3) is 0 Å². The second kappa shape index (κ2) is 5.65. The molecule has 1 N–H and O–H groups in total. The molecular formula is C8H14O. The van der Waals surface area contributed by atoms with Gasteiger partial charge in [-0.3, -0.25) is 0 Å². The van der Waals surface area contributed by atoms with E-state index in [4.69, 9.17) is 5.11 Å². The molecule has 52 valence electrons. The molecule has 0 spiro atoms. The summed E-state index contributed by atoms with van der Waals surface area (Å²) in [5, 5.41) is 8.57. The van der Waals surface area contributed by atoms with E-state index in [1.54, 1.807) is 0 Å². The van der Waals surface area contributed by atoms with E-state index >= 15 is 0 Å². The van der Waals surface area contributed by atoms with Crippen LogP contribution in [0.4, 0.5) is 0 Å². The van der Waals surface area contributed by atoms with Gasteiger partial charge >= 0.3 is 0 Å². The van der Waals surface area contributed by atoms with Crippen molar-refractivity contribution >= 4 is 0 Å². The molecule has 0 saturated heterocycles. The lowest BCUT2D eigenvalue weighted by Gasteiger charge is -1.98. The van der Waals surface area contributed by atoms with E-state index in [2.05, 4.69) is 12.8 Å². The number of aliphatic hydroxyl groups is 1. The molecule has 1 heteroatoms. The maximum Gasteiger partial charge on any atom is 0.0459 e. The lowest BCUT2D eigenvalue weighted by atomic mass is 10.1. The fourth-order valence-electron chi connectivity index (χ4n) is 1.19. The van der Waals surface area contributed by atoms with Crippen LogP contribution in [0.15, 0.2) is 0 Å². The van der Waals surface area contributed by atoms with E-state index in [-0.39, 0.29) is 0 Å². The third-order valence-electron chi connectivity index (χ3n) is 1.73. The first kappa shape index (κ1) is 8.52. The van der Waals surface area contributed by atoms with Gasteiger partial charge in [-0.15, -0.1) is 12.8 Å². The van der Waals surface area contributed by atoms with Crippen LogP contribution in [0.3, 0.4) is 0 Å². The van der Waals surface area contributed by atoms with Crippen LogP contribution < -0.4 is 0 Å². The zero-order valence-electron chi connectivity index (χ0n) is 5.71. The first-order valence-electron chi connectivity index (χ1n) is 3.37. The van der Waals surface area contributed by atoms with Crippen LogP contribution in [0.25, 0.3) is 0 Å². The van der Waals surface area contributed by atoms with Gasteiger partial charge in [0, 0.05) is 6.61 Å². The van der Waals surface area contributed by atoms with Gasteiger partial charge in [-0.1, -0.05) is 12.8 Å². The van der Waals surface area contributed by atoms with Gasteiger partial charge in [-0.05, 0) is 18.8 Å². The Morgan fingerprint density at radius 1 is 1.22 bits per heavy atom. The predicted octanol–water partition coefficient (Wildman–Crippen LogP) is 1.42. The van der Waals surface area contributed by atoms with Crippen LogP contribution in [0.5, 0.6) is 0 Å². The third kappa shape index (κ3) is 3.16. The van der Waals surface area contributed by atoms with Crippen molar-refractivity contribution in [2.45, 2.75) is 25.7 Å². The first-order chi connectivity index (χ1) is 4.43. The average molecular weight is 126 g/mol. The van der Waals surface area contributed by atoms with E-state index in [1.807, 2.05) is 0 Å². The third-order valence-corrected chi connectivity index (χ3v) is 1.73. The van der Waals surface area contributed by atoms with E-state index in [0.29, 0.717) is 12.5 Å². The second-order valence-corrected chi connectivity index (χ2v) is 2.33. The highest BCUT2D eigenvalue weighted by Gasteiger charge is 2.12. The fraction of sp³-hybridized carbons (Fsp3) is 0.750. The SMILES string of the molecule is C#C.OCC1CCCC1. The monoisotopic (exact) mass is 126 g/mol. The lowest BCUT2D eigenvalue weighted by molar-refractivity contribution is 0.230. The summed E-state index contributed by atoms with van der Waals surface area (Å²) >= 11 is 0. The van der Waals surface area contributed by atoms with E-state index < -0.39 is 0 Å². The Bertz CT molecular complexity index is 69.9. The lowest BCUT2D eigenvalue weighted by Crippen LogP contribution is -1.97. The topological polar surface area (TPSA) is 20.2 Å². The molecule has 1 saturated carbocycles. The zero-order valence-corrected chi connectivity index (χ0v) is 5.71. The van der Waals surface area contributed by atoms with Crippen LogP contribution in [-0.4, -0.2) is 11.7 Å². The normalized spacial score (nSPS) is 18.6. The molecule has 1 aliphatic rings. The van der Waals surface area contributed by atoms with Crippen LogP contribution in [-0.2, 0) is 0 Å². The molecule has 0 atom stereocenters. The molecule has 0 aromatic rings. The Kier molecular flexibility index (Phi) is 5.35. The Labute approximate surface area is 57.1 Å². The van der Waals surface area contributed by atoms with Crippen molar-refractivity contribution < 1.29 is 5.11 Å². The van der Waals surface area contributed by atoms with Gasteiger partial charge in [-0.25, -0.2) is 0 Å². The summed E-state index contributed by atoms with van der Waals surface area (Å²) in [6.07, 6.45) is 13.2. The smallest absolute Gasteiger partial charge is 0.0459 e. The van der Waals surface area contributed by atoms with Crippen LogP contribution >= 0.6 is 0 Å². The second-order valence-electron chi connectivity index (χ2n) is 2.33. The first-order valence-corrected chi connectivity index (χ1v) is 3.37. The Hall–Kier alpha value is -0.480. The summed E-state index contributed by atoms with van der Waals surface area (Å²) in [7, 11) is 0. The summed E-state index contributed by atoms with van der Waals surface area (Å²) < 4.78 is 0. The van der Waals surface area contributed by atoms with Crippen molar-refractivity contribution in [3.05, 3.63) is 0 Å². The van der Waals surface area contributed by atoms with E-state index in [9.17, 15) is 0 Å². The largest absolute Gasteiger partial charge is 0.396 e. The van der Waals surface area contributed by atoms with Gasteiger partial charge in [0.05, 0.1) is 0 Å². The number of terminal acetylenes is 1. The van der Waals surface area contributed by atoms with E-state index in [1.165, 1.54) is 25.7 Å². The number of aliphatic hydroxyl groups excluding tert-OH is 1. The molecule has 0 radical (unpaired) electrons. The van der Waals surface area contributed by atoms with Crippen molar-refractivity contribution in [1.29, 1.82) is 0 Å². The van der Waals surface area contributed by atoms with Gasteiger partial charge in [0.1, 0.15) is 0 Å². The van der Waals surface area contributed by atoms with Gasteiger partial charge < -0.3 is 5.11 Å². The fourth-order valence-corrected chi connectivity index (χ4v) is 1.19. The summed E-state index contributed by atoms with van der Waals surface area (Å²) in [6.45, 7) is 0.417. The van der Waals surface area contributed by atoms with Crippen molar-refractivity contribution in [2.75, 3.05) is 6.61 Å². The van der Waals surface area contributed by atoms with Crippen LogP contribution in [0, 0.1) is 18.8 Å². The quantitative estimate of drug-likeness (QED) is 0.527. The molecular weight excluding hydrogens is 112 g/mol. The van der Waals surface area contributed by atoms with Crippen molar-refractivity contribution in [1.82, 2.24) is 0 Å². The minimum Gasteiger partial charge on any atom is -0.396 e. The van der Waals surface area contributed by atoms with Gasteiger partial charge in [0.15, 0.2) is 0 Å². The molecule has 0 bridgehead atoms. The molecule has 0 aliphatic heterocycles. The summed E-state index contributed by atoms with van der Waals surface area (Å²) in [6, 6.07) is 0. The summed E-state index contributed by atoms with van der Waals surface area (Å²) in [5.41, 5.74) is 0. The minimum absolute atomic E-state index is 0.417. The summed E-state index contributed by atoms with van der Waals surface area (Å²) in [5.74, 6) is 0.653. The Morgan fingerprint density at radius 2 is 1.67 bits per heavy atom. The van der Waals surface area contributed by atoms with Crippen molar-refractivity contribution in [3.8, 4) is 12.8 Å². The van der Waals surface area contributed by atoms with Crippen molar-refractivity contribution in [2.24, 2.45) is 5.92 Å². The van der Waals surface area contributed by atoms with Crippen LogP contribution in [0.2, 0.25) is 0 Å². The van der Waals surface area contributed by atoms with Crippen molar-refractivity contribution in [3.63, 3.8) is 0 Å². The number of hydrogen-bond donors (Lipinski definition) is 1. The van der Waals surface area contributed by atoms with Gasteiger partial charge in [0.2, 0.25) is 0 Å². The molecule has 1 aliphatic carbocycles. The minimum atomic E-state index is 0.417. The highest BCUT2D eigenvalue weighted by atomic mass is 16.3. The molecule has 0 amide bonds. The molecule has 0 aromatic heterocycles. The highest BCUT2D eigenvalue weighted by molar-refractivity contribution is 4.64. The molecule has 0 heterocycles. The molecule has 1 rings (SSSR count). The Balaban J connectivity index is 0.000000291. The average Bonchev–Trinajstić information content (AvgIpc) is 2.43. The van der Waals surface area contributed by atoms with E-state index in [0.717, 1.165) is 0 Å². The molecule has 1 fully saturated rings. The number of rotatable bonds is 1. The molecule has 9 heavy (non-hydrogen) atoms. The standard InChI is InChI=1S/C6H12O.C2H2/c7-5-6-3-1-2-4-6;1-2/h6-7H,1-5H2;1-2H. The zero-order chi connectivity index (χ0) is 7.11. The molecule has 0 aromatic carbocycles. The molecule has 1 nitrogen and oxygen atoms in total. The Morgan fingerprint density at radius 3 is 1.89 bits per heavy atom. The molecule has 0 unspecified atom stereocenters. The predicted molar refractivity (Wildman–Crippen MR) is 38.9 cm³/mol.